The molecule has 1 unspecified atom stereocenters. The van der Waals surface area contributed by atoms with Crippen molar-refractivity contribution in [2.45, 2.75) is 19.4 Å². The van der Waals surface area contributed by atoms with Crippen molar-refractivity contribution < 1.29 is 9.90 Å². The average Bonchev–Trinajstić information content (AvgIpc) is 3.08. The quantitative estimate of drug-likeness (QED) is 0.874. The lowest BCUT2D eigenvalue weighted by Crippen LogP contribution is -2.51. The van der Waals surface area contributed by atoms with Gasteiger partial charge in [-0.25, -0.2) is 0 Å². The molecule has 2 aliphatic rings. The van der Waals surface area contributed by atoms with E-state index in [1.165, 1.54) is 5.56 Å². The maximum absolute atomic E-state index is 12.5. The van der Waals surface area contributed by atoms with Crippen LogP contribution in [0, 0.1) is 5.92 Å². The summed E-state index contributed by atoms with van der Waals surface area (Å²) in [5.41, 5.74) is 1.37. The molecule has 0 radical (unpaired) electrons. The summed E-state index contributed by atoms with van der Waals surface area (Å²) in [6.45, 7) is 7.19. The molecule has 128 valence electrons. The molecule has 1 atom stereocenters. The maximum Gasteiger partial charge on any atom is 0.236 e. The number of rotatable bonds is 5. The molecule has 2 saturated heterocycles. The molecule has 23 heavy (non-hydrogen) atoms. The van der Waals surface area contributed by atoms with Gasteiger partial charge in [-0.3, -0.25) is 14.6 Å². The summed E-state index contributed by atoms with van der Waals surface area (Å²) >= 11 is 1.74. The van der Waals surface area contributed by atoms with E-state index >= 15 is 0 Å². The topological polar surface area (TPSA) is 47.0 Å². The molecule has 1 amide bonds. The standard InChI is InChI=1S/C17H27N3O2S/c21-13-15-2-1-4-19(10-15)12-17(22)20-7-5-18(6-8-20)11-16-3-9-23-14-16/h3,9,14-15,21H,1-2,4-8,10-13H2. The van der Waals surface area contributed by atoms with Crippen LogP contribution in [0.15, 0.2) is 16.8 Å². The van der Waals surface area contributed by atoms with Crippen molar-refractivity contribution in [2.24, 2.45) is 5.92 Å². The van der Waals surface area contributed by atoms with Crippen molar-refractivity contribution in [3.05, 3.63) is 22.4 Å². The Bertz CT molecular complexity index is 486. The van der Waals surface area contributed by atoms with E-state index in [4.69, 9.17) is 0 Å². The number of likely N-dealkylation sites (tertiary alicyclic amines) is 1. The van der Waals surface area contributed by atoms with Crippen LogP contribution in [0.2, 0.25) is 0 Å². The van der Waals surface area contributed by atoms with Gasteiger partial charge in [-0.2, -0.15) is 11.3 Å². The van der Waals surface area contributed by atoms with Gasteiger partial charge >= 0.3 is 0 Å². The third kappa shape index (κ3) is 4.76. The van der Waals surface area contributed by atoms with E-state index in [-0.39, 0.29) is 12.5 Å². The summed E-state index contributed by atoms with van der Waals surface area (Å²) in [5.74, 6) is 0.595. The van der Waals surface area contributed by atoms with E-state index in [0.717, 1.165) is 58.7 Å². The molecule has 1 N–H and O–H groups in total. The number of nitrogens with zero attached hydrogens (tertiary/aromatic N) is 3. The summed E-state index contributed by atoms with van der Waals surface area (Å²) in [5, 5.41) is 13.6. The van der Waals surface area contributed by atoms with E-state index in [9.17, 15) is 9.90 Å². The van der Waals surface area contributed by atoms with Crippen LogP contribution < -0.4 is 0 Å². The lowest BCUT2D eigenvalue weighted by atomic mass is 9.99. The average molecular weight is 337 g/mol. The van der Waals surface area contributed by atoms with E-state index in [1.54, 1.807) is 11.3 Å². The molecule has 2 fully saturated rings. The number of carbonyl (C=O) groups excluding carboxylic acids is 1. The molecular weight excluding hydrogens is 310 g/mol. The van der Waals surface area contributed by atoms with E-state index in [1.807, 2.05) is 4.90 Å². The zero-order valence-corrected chi connectivity index (χ0v) is 14.5. The SMILES string of the molecule is O=C(CN1CCCC(CO)C1)N1CCN(Cc2ccsc2)CC1. The highest BCUT2D eigenvalue weighted by atomic mass is 32.1. The first kappa shape index (κ1) is 16.9. The number of hydrogen-bond donors (Lipinski definition) is 1. The highest BCUT2D eigenvalue weighted by Crippen LogP contribution is 2.16. The Kier molecular flexibility index (Phi) is 6.05. The van der Waals surface area contributed by atoms with Crippen LogP contribution in [0.3, 0.4) is 0 Å². The van der Waals surface area contributed by atoms with Gasteiger partial charge in [0.1, 0.15) is 0 Å². The Morgan fingerprint density at radius 3 is 2.74 bits per heavy atom. The summed E-state index contributed by atoms with van der Waals surface area (Å²) in [4.78, 5) is 19.1. The first-order valence-corrected chi connectivity index (χ1v) is 9.53. The van der Waals surface area contributed by atoms with Crippen molar-refractivity contribution in [1.29, 1.82) is 0 Å². The van der Waals surface area contributed by atoms with E-state index in [2.05, 4.69) is 26.6 Å². The van der Waals surface area contributed by atoms with Crippen LogP contribution in [-0.2, 0) is 11.3 Å². The van der Waals surface area contributed by atoms with Gasteiger partial charge < -0.3 is 10.0 Å². The fraction of sp³-hybridized carbons (Fsp3) is 0.706. The molecule has 0 aromatic carbocycles. The highest BCUT2D eigenvalue weighted by molar-refractivity contribution is 7.07. The second kappa shape index (κ2) is 8.24. The van der Waals surface area contributed by atoms with Crippen molar-refractivity contribution in [2.75, 3.05) is 52.4 Å². The molecule has 1 aromatic rings. The van der Waals surface area contributed by atoms with Crippen molar-refractivity contribution in [1.82, 2.24) is 14.7 Å². The molecule has 6 heteroatoms. The van der Waals surface area contributed by atoms with Gasteiger partial charge in [-0.15, -0.1) is 0 Å². The Morgan fingerprint density at radius 1 is 1.22 bits per heavy atom. The van der Waals surface area contributed by atoms with Gasteiger partial charge in [-0.05, 0) is 47.7 Å². The number of thiophene rings is 1. The predicted molar refractivity (Wildman–Crippen MR) is 92.4 cm³/mol. The lowest BCUT2D eigenvalue weighted by molar-refractivity contribution is -0.134. The van der Waals surface area contributed by atoms with Crippen LogP contribution in [0.25, 0.3) is 0 Å². The molecule has 0 bridgehead atoms. The summed E-state index contributed by atoms with van der Waals surface area (Å²) < 4.78 is 0. The maximum atomic E-state index is 12.5. The minimum Gasteiger partial charge on any atom is -0.396 e. The van der Waals surface area contributed by atoms with Crippen LogP contribution >= 0.6 is 11.3 Å². The van der Waals surface area contributed by atoms with Crippen molar-refractivity contribution in [3.63, 3.8) is 0 Å². The molecule has 1 aromatic heterocycles. The second-order valence-electron chi connectivity index (χ2n) is 6.71. The van der Waals surface area contributed by atoms with Gasteiger partial charge in [0.25, 0.3) is 0 Å². The van der Waals surface area contributed by atoms with Crippen LogP contribution in [0.1, 0.15) is 18.4 Å². The van der Waals surface area contributed by atoms with E-state index < -0.39 is 0 Å². The highest BCUT2D eigenvalue weighted by Gasteiger charge is 2.25. The Balaban J connectivity index is 1.41. The number of carbonyl (C=O) groups is 1. The fourth-order valence-electron chi connectivity index (χ4n) is 3.53. The number of piperazine rings is 1. The van der Waals surface area contributed by atoms with Crippen molar-refractivity contribution in [3.8, 4) is 0 Å². The molecule has 5 nitrogen and oxygen atoms in total. The van der Waals surface area contributed by atoms with Gasteiger partial charge in [-0.1, -0.05) is 0 Å². The third-order valence-corrected chi connectivity index (χ3v) is 5.66. The van der Waals surface area contributed by atoms with Crippen LogP contribution in [0.5, 0.6) is 0 Å². The first-order valence-electron chi connectivity index (χ1n) is 8.59. The van der Waals surface area contributed by atoms with Gasteiger partial charge in [0.15, 0.2) is 0 Å². The number of piperidine rings is 1. The molecule has 3 rings (SSSR count). The number of amides is 1. The van der Waals surface area contributed by atoms with Crippen LogP contribution in [-0.4, -0.2) is 78.1 Å². The summed E-state index contributed by atoms with van der Waals surface area (Å²) in [6.07, 6.45) is 2.18. The summed E-state index contributed by atoms with van der Waals surface area (Å²) in [6, 6.07) is 2.18. The molecule has 0 aliphatic carbocycles. The molecule has 0 saturated carbocycles. The van der Waals surface area contributed by atoms with Gasteiger partial charge in [0.2, 0.25) is 5.91 Å². The largest absolute Gasteiger partial charge is 0.396 e. The third-order valence-electron chi connectivity index (χ3n) is 4.93. The lowest BCUT2D eigenvalue weighted by Gasteiger charge is -2.37. The van der Waals surface area contributed by atoms with Gasteiger partial charge in [0.05, 0.1) is 6.54 Å². The smallest absolute Gasteiger partial charge is 0.236 e. The number of aliphatic hydroxyl groups excluding tert-OH is 1. The molecule has 2 aliphatic heterocycles. The summed E-state index contributed by atoms with van der Waals surface area (Å²) in [7, 11) is 0. The minimum atomic E-state index is 0.242. The monoisotopic (exact) mass is 337 g/mol. The van der Waals surface area contributed by atoms with Gasteiger partial charge in [0, 0.05) is 45.9 Å². The molecule has 3 heterocycles. The first-order chi connectivity index (χ1) is 11.2. The normalized spacial score (nSPS) is 24.0. The number of hydrogen-bond acceptors (Lipinski definition) is 5. The number of aliphatic hydroxyl groups is 1. The Morgan fingerprint density at radius 2 is 2.04 bits per heavy atom. The van der Waals surface area contributed by atoms with E-state index in [0.29, 0.717) is 12.5 Å². The zero-order valence-electron chi connectivity index (χ0n) is 13.7. The van der Waals surface area contributed by atoms with Crippen LogP contribution in [0.4, 0.5) is 0 Å². The second-order valence-corrected chi connectivity index (χ2v) is 7.49. The zero-order chi connectivity index (χ0) is 16.1. The fourth-order valence-corrected chi connectivity index (χ4v) is 4.19. The molecule has 0 spiro atoms. The molecular formula is C17H27N3O2S. The minimum absolute atomic E-state index is 0.242. The predicted octanol–water partition coefficient (Wildman–Crippen LogP) is 1.10. The van der Waals surface area contributed by atoms with Crippen molar-refractivity contribution >= 4 is 17.2 Å². The Hall–Kier alpha value is -0.950. The Labute approximate surface area is 142 Å².